The van der Waals surface area contributed by atoms with Crippen LogP contribution < -0.4 is 0 Å². The summed E-state index contributed by atoms with van der Waals surface area (Å²) in [5.74, 6) is -2.33. The maximum Gasteiger partial charge on any atom is 0.472 e. The van der Waals surface area contributed by atoms with Gasteiger partial charge in [-0.05, 0) is 57.3 Å². The van der Waals surface area contributed by atoms with Gasteiger partial charge < -0.3 is 88.7 Å². The minimum Gasteiger partial charge on any atom is -0.463 e. The van der Waals surface area contributed by atoms with Crippen molar-refractivity contribution < 1.29 is 122 Å². The summed E-state index contributed by atoms with van der Waals surface area (Å²) in [6, 6.07) is 0. The highest BCUT2D eigenvalue weighted by molar-refractivity contribution is 7.47. The molecule has 682 valence electrons. The summed E-state index contributed by atoms with van der Waals surface area (Å²) < 4.78 is 73.4. The van der Waals surface area contributed by atoms with Gasteiger partial charge in [-0.25, -0.2) is 4.57 Å². The number of unbranched alkanes of at least 4 members (excludes halogenated alkanes) is 45. The van der Waals surface area contributed by atoms with Crippen LogP contribution in [0.4, 0.5) is 0 Å². The minimum absolute atomic E-state index is 0.0105. The van der Waals surface area contributed by atoms with E-state index in [4.69, 9.17) is 46.9 Å². The Balaban J connectivity index is 1.93. The normalized spacial score (nSPS) is 25.4. The molecule has 0 amide bonds. The first-order chi connectivity index (χ1) is 56.1. The van der Waals surface area contributed by atoms with Gasteiger partial charge >= 0.3 is 31.7 Å². The maximum atomic E-state index is 14.9. The summed E-state index contributed by atoms with van der Waals surface area (Å²) in [7, 11) is -5.80. The molecular weight excluding hydrogens is 1510 g/mol. The van der Waals surface area contributed by atoms with Crippen LogP contribution in [0.2, 0.25) is 0 Å². The van der Waals surface area contributed by atoms with E-state index < -0.39 is 162 Å². The van der Waals surface area contributed by atoms with Gasteiger partial charge in [0.15, 0.2) is 24.8 Å². The van der Waals surface area contributed by atoms with Gasteiger partial charge in [0.05, 0.1) is 13.2 Å². The van der Waals surface area contributed by atoms with Gasteiger partial charge in [-0.2, -0.15) is 0 Å². The van der Waals surface area contributed by atoms with Crippen molar-refractivity contribution in [2.45, 2.75) is 505 Å². The summed E-state index contributed by atoms with van der Waals surface area (Å²) in [5, 5.41) is 102. The molecule has 2 aliphatic heterocycles. The highest BCUT2D eigenvalue weighted by Crippen LogP contribution is 2.49. The lowest BCUT2D eigenvalue weighted by Gasteiger charge is -2.50. The van der Waals surface area contributed by atoms with Crippen molar-refractivity contribution in [2.24, 2.45) is 5.92 Å². The first-order valence-electron chi connectivity index (χ1n) is 46.8. The Morgan fingerprint density at radius 1 is 0.362 bits per heavy atom. The molecule has 10 N–H and O–H groups in total. The largest absolute Gasteiger partial charge is 0.472 e. The predicted molar refractivity (Wildman–Crippen MR) is 449 cm³/mol. The summed E-state index contributed by atoms with van der Waals surface area (Å²) in [6.07, 6.45) is 25.0. The number of aliphatic hydroxyl groups excluding tert-OH is 9. The van der Waals surface area contributed by atoms with Crippen LogP contribution in [0.5, 0.6) is 0 Å². The molecule has 19 atom stereocenters. The van der Waals surface area contributed by atoms with E-state index in [1.807, 2.05) is 0 Å². The molecule has 3 rings (SSSR count). The van der Waals surface area contributed by atoms with Gasteiger partial charge in [-0.3, -0.25) is 28.2 Å². The molecule has 0 spiro atoms. The number of rotatable bonds is 75. The highest BCUT2D eigenvalue weighted by Gasteiger charge is 2.60. The van der Waals surface area contributed by atoms with E-state index in [9.17, 15) is 74.6 Å². The molecule has 19 unspecified atom stereocenters. The molecule has 26 heteroatoms. The van der Waals surface area contributed by atoms with Crippen molar-refractivity contribution in [2.75, 3.05) is 26.4 Å². The molecule has 0 bridgehead atoms. The van der Waals surface area contributed by atoms with Gasteiger partial charge in [-0.15, -0.1) is 0 Å². The topological polar surface area (TPSA) is 380 Å². The number of aliphatic hydroxyl groups is 9. The van der Waals surface area contributed by atoms with Gasteiger partial charge in [0, 0.05) is 25.7 Å². The number of esters is 4. The van der Waals surface area contributed by atoms with E-state index in [2.05, 4.69) is 46.8 Å². The second kappa shape index (κ2) is 68.6. The first kappa shape index (κ1) is 107. The minimum atomic E-state index is -5.80. The Morgan fingerprint density at radius 3 is 1.12 bits per heavy atom. The van der Waals surface area contributed by atoms with E-state index in [0.717, 1.165) is 148 Å². The van der Waals surface area contributed by atoms with Gasteiger partial charge in [0.1, 0.15) is 92.6 Å². The van der Waals surface area contributed by atoms with Crippen molar-refractivity contribution in [3.8, 4) is 0 Å². The summed E-state index contributed by atoms with van der Waals surface area (Å²) in [4.78, 5) is 66.4. The number of carbonyl (C=O) groups is 4. The van der Waals surface area contributed by atoms with Crippen LogP contribution in [-0.4, -0.2) is 205 Å². The number of hydrogen-bond donors (Lipinski definition) is 10. The second-order valence-electron chi connectivity index (χ2n) is 33.8. The Kier molecular flexibility index (Phi) is 63.5. The van der Waals surface area contributed by atoms with Gasteiger partial charge in [0.25, 0.3) is 0 Å². The van der Waals surface area contributed by atoms with Crippen molar-refractivity contribution in [1.82, 2.24) is 0 Å². The van der Waals surface area contributed by atoms with E-state index in [1.165, 1.54) is 161 Å². The second-order valence-corrected chi connectivity index (χ2v) is 35.2. The van der Waals surface area contributed by atoms with Crippen LogP contribution in [0.3, 0.4) is 0 Å². The van der Waals surface area contributed by atoms with E-state index in [1.54, 1.807) is 0 Å². The number of hydrogen-bond acceptors (Lipinski definition) is 24. The number of allylic oxidation sites excluding steroid dienone is 2. The molecule has 3 fully saturated rings. The number of ether oxygens (including phenoxy) is 8. The van der Waals surface area contributed by atoms with Gasteiger partial charge in [-0.1, -0.05) is 336 Å². The van der Waals surface area contributed by atoms with E-state index in [0.29, 0.717) is 38.0 Å². The molecule has 0 aromatic heterocycles. The monoisotopic (exact) mass is 1680 g/mol. The van der Waals surface area contributed by atoms with Crippen LogP contribution in [0.15, 0.2) is 12.2 Å². The zero-order valence-corrected chi connectivity index (χ0v) is 73.6. The fraction of sp³-hybridized carbons (Fsp3) is 0.933. The molecular formula is C90H167O25P. The first-order valence-corrected chi connectivity index (χ1v) is 48.3. The number of carbonyl (C=O) groups excluding carboxylic acids is 4. The smallest absolute Gasteiger partial charge is 0.463 e. The zero-order chi connectivity index (χ0) is 84.8. The van der Waals surface area contributed by atoms with Crippen LogP contribution in [0.25, 0.3) is 0 Å². The van der Waals surface area contributed by atoms with E-state index in [-0.39, 0.29) is 25.7 Å². The SMILES string of the molecule is CCCCCC/C=C\CCCCCCCCCC(=O)OCC1OC(OC2C(OC(=O)CCCCCCCCC(C)CCCCCCCC)C(O)C(O)C(OC3OC(CO)C(O)C(O)C3O)C2OP(=O)(O)OCC(COC(=O)CCCCCCCCCCCCCCC)OC(=O)CCCCCCCCCCCCCCC)C(O)C(O)C1O. The van der Waals surface area contributed by atoms with Crippen LogP contribution in [0.1, 0.15) is 401 Å². The molecule has 25 nitrogen and oxygen atoms in total. The molecule has 0 aromatic carbocycles. The lowest BCUT2D eigenvalue weighted by Crippen LogP contribution is -2.70. The molecule has 0 aromatic rings. The Bertz CT molecular complexity index is 2480. The Labute approximate surface area is 699 Å². The van der Waals surface area contributed by atoms with Gasteiger partial charge in [0.2, 0.25) is 0 Å². The van der Waals surface area contributed by atoms with Crippen LogP contribution >= 0.6 is 7.82 Å². The highest BCUT2D eigenvalue weighted by atomic mass is 31.2. The molecule has 116 heavy (non-hydrogen) atoms. The fourth-order valence-corrected chi connectivity index (χ4v) is 16.6. The third kappa shape index (κ3) is 48.9. The fourth-order valence-electron chi connectivity index (χ4n) is 15.6. The van der Waals surface area contributed by atoms with Crippen molar-refractivity contribution in [3.63, 3.8) is 0 Å². The third-order valence-corrected chi connectivity index (χ3v) is 24.2. The summed E-state index contributed by atoms with van der Waals surface area (Å²) in [6.45, 7) is 7.89. The summed E-state index contributed by atoms with van der Waals surface area (Å²) >= 11 is 0. The lowest BCUT2D eigenvalue weighted by molar-refractivity contribution is -0.360. The van der Waals surface area contributed by atoms with Crippen molar-refractivity contribution >= 4 is 31.7 Å². The summed E-state index contributed by atoms with van der Waals surface area (Å²) in [5.41, 5.74) is 0. The third-order valence-electron chi connectivity index (χ3n) is 23.2. The maximum absolute atomic E-state index is 14.9. The Morgan fingerprint density at radius 2 is 0.698 bits per heavy atom. The molecule has 1 saturated carbocycles. The average molecular weight is 1680 g/mol. The lowest BCUT2D eigenvalue weighted by atomic mass is 9.84. The van der Waals surface area contributed by atoms with Crippen molar-refractivity contribution in [1.29, 1.82) is 0 Å². The zero-order valence-electron chi connectivity index (χ0n) is 72.7. The van der Waals surface area contributed by atoms with Crippen molar-refractivity contribution in [3.05, 3.63) is 12.2 Å². The quantitative estimate of drug-likeness (QED) is 0.00889. The van der Waals surface area contributed by atoms with Crippen LogP contribution in [0, 0.1) is 5.92 Å². The number of phosphoric ester groups is 1. The number of phosphoric acid groups is 1. The van der Waals surface area contributed by atoms with Crippen LogP contribution in [-0.2, 0) is 70.7 Å². The predicted octanol–water partition coefficient (Wildman–Crippen LogP) is 17.0. The Hall–Kier alpha value is -2.79. The molecule has 1 aliphatic carbocycles. The molecule has 2 saturated heterocycles. The molecule has 2 heterocycles. The average Bonchev–Trinajstić information content (AvgIpc) is 0.755. The molecule has 0 radical (unpaired) electrons. The molecule has 3 aliphatic rings. The van der Waals surface area contributed by atoms with E-state index >= 15 is 0 Å². The standard InChI is InChI=1S/C90H167O25P/c1-6-10-14-18-22-25-28-31-32-35-37-40-43-50-56-62-74(93)107-68-72-78(97)80(99)84(103)90(111-72)114-87-85(112-76(95)64-58-52-46-45-48-54-60-69(5)59-53-47-21-17-13-9-4)81(100)82(101)86(113-89-83(102)79(98)77(96)71(65-91)110-89)88(87)115-116(104,105)108-67-70(109-75(94)63-57-51-44-41-38-34-30-27-24-20-16-12-8-3)66-106-73(92)61-55-49-42-39-36-33-29-26-23-19-15-11-7-2/h25,28,69-72,77-91,96-103H,6-24,26-27,29-68H2,1-5H3,(H,104,105)/b28-25-.